The van der Waals surface area contributed by atoms with E-state index in [-0.39, 0.29) is 18.1 Å². The maximum absolute atomic E-state index is 12.4. The highest BCUT2D eigenvalue weighted by atomic mass is 16.2. The molecule has 1 aliphatic heterocycles. The average molecular weight is 286 g/mol. The van der Waals surface area contributed by atoms with Gasteiger partial charge in [0.05, 0.1) is 6.04 Å². The van der Waals surface area contributed by atoms with Crippen molar-refractivity contribution in [3.8, 4) is 0 Å². The molecule has 0 aromatic heterocycles. The Bertz CT molecular complexity index is 490. The fourth-order valence-electron chi connectivity index (χ4n) is 3.66. The lowest BCUT2D eigenvalue weighted by Gasteiger charge is -2.26. The monoisotopic (exact) mass is 286 g/mol. The summed E-state index contributed by atoms with van der Waals surface area (Å²) < 4.78 is 0. The van der Waals surface area contributed by atoms with Gasteiger partial charge in [0.15, 0.2) is 0 Å². The summed E-state index contributed by atoms with van der Waals surface area (Å²) in [5.41, 5.74) is 2.46. The smallest absolute Gasteiger partial charge is 0.241 e. The molecule has 114 valence electrons. The Kier molecular flexibility index (Phi) is 4.29. The van der Waals surface area contributed by atoms with Gasteiger partial charge in [-0.15, -0.1) is 0 Å². The van der Waals surface area contributed by atoms with Crippen molar-refractivity contribution in [3.05, 3.63) is 35.4 Å². The van der Waals surface area contributed by atoms with Gasteiger partial charge in [-0.25, -0.2) is 0 Å². The van der Waals surface area contributed by atoms with E-state index in [0.717, 1.165) is 18.9 Å². The fourth-order valence-corrected chi connectivity index (χ4v) is 3.66. The Hall–Kier alpha value is -1.35. The molecule has 1 heterocycles. The number of nitrogens with one attached hydrogen (secondary N) is 1. The molecule has 1 N–H and O–H groups in total. The standard InChI is InChI=1S/C18H26N2O/c1-13-7-9-16(10-8-13)17-19-14(2)18(21)20(17)12-11-15-5-3-4-6-15/h7-10,14-15,17,19H,3-6,11-12H2,1-2H3. The third-order valence-electron chi connectivity index (χ3n) is 5.02. The molecule has 1 aromatic carbocycles. The Morgan fingerprint density at radius 1 is 1.19 bits per heavy atom. The number of carbonyl (C=O) groups excluding carboxylic acids is 1. The SMILES string of the molecule is Cc1ccc(C2NC(C)C(=O)N2CCC2CCCC2)cc1. The third kappa shape index (κ3) is 3.13. The van der Waals surface area contributed by atoms with Crippen molar-refractivity contribution in [1.29, 1.82) is 0 Å². The van der Waals surface area contributed by atoms with Gasteiger partial charge in [-0.05, 0) is 31.7 Å². The van der Waals surface area contributed by atoms with Crippen LogP contribution in [-0.4, -0.2) is 23.4 Å². The Morgan fingerprint density at radius 3 is 2.52 bits per heavy atom. The van der Waals surface area contributed by atoms with Crippen LogP contribution >= 0.6 is 0 Å². The first-order valence-corrected chi connectivity index (χ1v) is 8.28. The highest BCUT2D eigenvalue weighted by molar-refractivity contribution is 5.84. The second kappa shape index (κ2) is 6.18. The van der Waals surface area contributed by atoms with E-state index in [0.29, 0.717) is 0 Å². The lowest BCUT2D eigenvalue weighted by atomic mass is 10.0. The number of hydrogen-bond donors (Lipinski definition) is 1. The van der Waals surface area contributed by atoms with Crippen molar-refractivity contribution in [2.24, 2.45) is 5.92 Å². The second-order valence-corrected chi connectivity index (χ2v) is 6.67. The van der Waals surface area contributed by atoms with E-state index < -0.39 is 0 Å². The van der Waals surface area contributed by atoms with E-state index in [9.17, 15) is 4.79 Å². The third-order valence-corrected chi connectivity index (χ3v) is 5.02. The summed E-state index contributed by atoms with van der Waals surface area (Å²) in [6.07, 6.45) is 6.64. The predicted octanol–water partition coefficient (Wildman–Crippen LogP) is 3.39. The molecule has 1 aromatic rings. The second-order valence-electron chi connectivity index (χ2n) is 6.67. The van der Waals surface area contributed by atoms with Gasteiger partial charge in [0.25, 0.3) is 0 Å². The maximum Gasteiger partial charge on any atom is 0.241 e. The number of carbonyl (C=O) groups is 1. The summed E-state index contributed by atoms with van der Waals surface area (Å²) >= 11 is 0. The molecule has 3 rings (SSSR count). The normalized spacial score (nSPS) is 26.8. The molecule has 21 heavy (non-hydrogen) atoms. The van der Waals surface area contributed by atoms with Crippen LogP contribution in [0.2, 0.25) is 0 Å². The Morgan fingerprint density at radius 2 is 1.86 bits per heavy atom. The molecule has 1 aliphatic carbocycles. The van der Waals surface area contributed by atoms with Crippen LogP contribution in [0.1, 0.15) is 56.3 Å². The van der Waals surface area contributed by atoms with Gasteiger partial charge in [-0.3, -0.25) is 10.1 Å². The van der Waals surface area contributed by atoms with Gasteiger partial charge in [0.2, 0.25) is 5.91 Å². The Balaban J connectivity index is 1.71. The van der Waals surface area contributed by atoms with Crippen LogP contribution in [0.25, 0.3) is 0 Å². The highest BCUT2D eigenvalue weighted by Crippen LogP contribution is 2.31. The Labute approximate surface area is 127 Å². The first-order valence-electron chi connectivity index (χ1n) is 8.28. The summed E-state index contributed by atoms with van der Waals surface area (Å²) in [5, 5.41) is 3.44. The molecule has 1 saturated carbocycles. The number of rotatable bonds is 4. The van der Waals surface area contributed by atoms with Gasteiger partial charge in [-0.1, -0.05) is 55.5 Å². The van der Waals surface area contributed by atoms with E-state index in [1.54, 1.807) is 0 Å². The van der Waals surface area contributed by atoms with Crippen LogP contribution in [0.5, 0.6) is 0 Å². The lowest BCUT2D eigenvalue weighted by Crippen LogP contribution is -2.32. The first kappa shape index (κ1) is 14.6. The van der Waals surface area contributed by atoms with Crippen LogP contribution in [0.3, 0.4) is 0 Å². The van der Waals surface area contributed by atoms with Gasteiger partial charge < -0.3 is 4.90 Å². The summed E-state index contributed by atoms with van der Waals surface area (Å²) in [7, 11) is 0. The van der Waals surface area contributed by atoms with E-state index in [2.05, 4.69) is 36.5 Å². The van der Waals surface area contributed by atoms with Gasteiger partial charge in [0.1, 0.15) is 6.17 Å². The zero-order valence-corrected chi connectivity index (χ0v) is 13.1. The van der Waals surface area contributed by atoms with E-state index >= 15 is 0 Å². The molecule has 0 bridgehead atoms. The zero-order chi connectivity index (χ0) is 14.8. The number of nitrogens with zero attached hydrogens (tertiary/aromatic N) is 1. The zero-order valence-electron chi connectivity index (χ0n) is 13.1. The minimum absolute atomic E-state index is 0.0505. The summed E-state index contributed by atoms with van der Waals surface area (Å²) in [6.45, 7) is 4.95. The van der Waals surface area contributed by atoms with Crippen LogP contribution in [0, 0.1) is 12.8 Å². The average Bonchev–Trinajstić information content (AvgIpc) is 3.08. The van der Waals surface area contributed by atoms with Crippen molar-refractivity contribution < 1.29 is 4.79 Å². The topological polar surface area (TPSA) is 32.3 Å². The van der Waals surface area contributed by atoms with Gasteiger partial charge in [-0.2, -0.15) is 0 Å². The van der Waals surface area contributed by atoms with Gasteiger partial charge in [0, 0.05) is 6.54 Å². The fraction of sp³-hybridized carbons (Fsp3) is 0.611. The number of aryl methyl sites for hydroxylation is 1. The highest BCUT2D eigenvalue weighted by Gasteiger charge is 2.37. The molecule has 3 nitrogen and oxygen atoms in total. The number of benzene rings is 1. The molecule has 3 heteroatoms. The quantitative estimate of drug-likeness (QED) is 0.920. The molecule has 0 spiro atoms. The summed E-state index contributed by atoms with van der Waals surface area (Å²) in [4.78, 5) is 14.5. The van der Waals surface area contributed by atoms with Crippen LogP contribution in [0.4, 0.5) is 0 Å². The first-order chi connectivity index (χ1) is 10.1. The summed E-state index contributed by atoms with van der Waals surface area (Å²) in [6, 6.07) is 8.46. The van der Waals surface area contributed by atoms with Crippen molar-refractivity contribution in [2.75, 3.05) is 6.54 Å². The lowest BCUT2D eigenvalue weighted by molar-refractivity contribution is -0.130. The molecule has 1 saturated heterocycles. The van der Waals surface area contributed by atoms with E-state index in [1.807, 2.05) is 11.8 Å². The largest absolute Gasteiger partial charge is 0.322 e. The van der Waals surface area contributed by atoms with Crippen molar-refractivity contribution in [1.82, 2.24) is 10.2 Å². The van der Waals surface area contributed by atoms with Crippen molar-refractivity contribution in [3.63, 3.8) is 0 Å². The maximum atomic E-state index is 12.4. The minimum Gasteiger partial charge on any atom is -0.322 e. The molecule has 2 aliphatic rings. The molecular formula is C18H26N2O. The van der Waals surface area contributed by atoms with Crippen molar-refractivity contribution in [2.45, 2.75) is 58.2 Å². The van der Waals surface area contributed by atoms with Crippen molar-refractivity contribution >= 4 is 5.91 Å². The number of amides is 1. The minimum atomic E-state index is -0.0696. The molecule has 2 atom stereocenters. The summed E-state index contributed by atoms with van der Waals surface area (Å²) in [5.74, 6) is 1.07. The molecule has 2 fully saturated rings. The van der Waals surface area contributed by atoms with E-state index in [1.165, 1.54) is 36.8 Å². The van der Waals surface area contributed by atoms with Crippen LogP contribution < -0.4 is 5.32 Å². The predicted molar refractivity (Wildman–Crippen MR) is 84.8 cm³/mol. The van der Waals surface area contributed by atoms with Crippen LogP contribution in [-0.2, 0) is 4.79 Å². The van der Waals surface area contributed by atoms with Crippen LogP contribution in [0.15, 0.2) is 24.3 Å². The number of hydrogen-bond acceptors (Lipinski definition) is 2. The molecule has 1 amide bonds. The van der Waals surface area contributed by atoms with Gasteiger partial charge >= 0.3 is 0 Å². The van der Waals surface area contributed by atoms with E-state index in [4.69, 9.17) is 0 Å². The molecule has 2 unspecified atom stereocenters. The molecule has 0 radical (unpaired) electrons. The molecular weight excluding hydrogens is 260 g/mol.